The summed E-state index contributed by atoms with van der Waals surface area (Å²) >= 11 is 0. The molecule has 0 atom stereocenters. The molecular weight excluding hydrogens is 148 g/mol. The summed E-state index contributed by atoms with van der Waals surface area (Å²) in [6.07, 6.45) is 6.17. The molecule has 0 unspecified atom stereocenters. The predicted octanol–water partition coefficient (Wildman–Crippen LogP) is 3.45. The molecule has 0 bridgehead atoms. The topological polar surface area (TPSA) is 9.23 Å². The van der Waals surface area contributed by atoms with Crippen LogP contribution < -0.4 is 0 Å². The molecule has 1 nitrogen and oxygen atoms in total. The fourth-order valence-electron chi connectivity index (χ4n) is 0.859. The summed E-state index contributed by atoms with van der Waals surface area (Å²) in [5.74, 6) is 0.941. The first-order valence-corrected chi connectivity index (χ1v) is 4.14. The van der Waals surface area contributed by atoms with E-state index >= 15 is 0 Å². The lowest BCUT2D eigenvalue weighted by Gasteiger charge is -2.01. The minimum atomic E-state index is 0.941. The van der Waals surface area contributed by atoms with Crippen molar-refractivity contribution in [3.63, 3.8) is 0 Å². The first-order chi connectivity index (χ1) is 5.61. The molecule has 1 heteroatoms. The van der Waals surface area contributed by atoms with Crippen LogP contribution in [0.15, 0.2) is 35.1 Å². The van der Waals surface area contributed by atoms with Crippen molar-refractivity contribution in [1.82, 2.24) is 0 Å². The molecule has 0 amide bonds. The van der Waals surface area contributed by atoms with Gasteiger partial charge in [0.15, 0.2) is 0 Å². The summed E-state index contributed by atoms with van der Waals surface area (Å²) in [5.41, 5.74) is 2.52. The van der Waals surface area contributed by atoms with Gasteiger partial charge in [0.25, 0.3) is 0 Å². The van der Waals surface area contributed by atoms with E-state index in [2.05, 4.69) is 19.9 Å². The van der Waals surface area contributed by atoms with E-state index in [0.29, 0.717) is 0 Å². The molecule has 0 aromatic rings. The second-order valence-electron chi connectivity index (χ2n) is 2.83. The minimum absolute atomic E-state index is 0.941. The van der Waals surface area contributed by atoms with Crippen LogP contribution in [0.25, 0.3) is 0 Å². The summed E-state index contributed by atoms with van der Waals surface area (Å²) < 4.78 is 5.05. The molecule has 68 valence electrons. The van der Waals surface area contributed by atoms with E-state index in [1.54, 1.807) is 7.11 Å². The van der Waals surface area contributed by atoms with Crippen LogP contribution in [0.2, 0.25) is 0 Å². The number of hydrogen-bond donors (Lipinski definition) is 0. The van der Waals surface area contributed by atoms with Crippen molar-refractivity contribution in [3.05, 3.63) is 35.1 Å². The largest absolute Gasteiger partial charge is 0.501 e. The van der Waals surface area contributed by atoms with Crippen molar-refractivity contribution in [2.45, 2.75) is 27.7 Å². The molecule has 0 heterocycles. The van der Waals surface area contributed by atoms with Gasteiger partial charge >= 0.3 is 0 Å². The first kappa shape index (κ1) is 11.0. The van der Waals surface area contributed by atoms with Gasteiger partial charge in [0.2, 0.25) is 0 Å². The van der Waals surface area contributed by atoms with Gasteiger partial charge in [-0.25, -0.2) is 0 Å². The Labute approximate surface area is 75.4 Å². The standard InChI is InChI=1S/C11H18O/c1-6-7-9(2)10(3)8-11(4)12-5/h6-8H,1-5H3/b7-6-,10-9-,11-8+. The van der Waals surface area contributed by atoms with Gasteiger partial charge in [-0.1, -0.05) is 12.2 Å². The van der Waals surface area contributed by atoms with Gasteiger partial charge in [-0.3, -0.25) is 0 Å². The predicted molar refractivity (Wildman–Crippen MR) is 54.0 cm³/mol. The van der Waals surface area contributed by atoms with Crippen molar-refractivity contribution in [2.24, 2.45) is 0 Å². The van der Waals surface area contributed by atoms with Gasteiger partial charge in [0, 0.05) is 0 Å². The fraction of sp³-hybridized carbons (Fsp3) is 0.455. The Morgan fingerprint density at radius 3 is 2.08 bits per heavy atom. The van der Waals surface area contributed by atoms with Crippen LogP contribution in [0.4, 0.5) is 0 Å². The lowest BCUT2D eigenvalue weighted by atomic mass is 10.1. The molecular formula is C11H18O. The molecule has 0 N–H and O–H groups in total. The summed E-state index contributed by atoms with van der Waals surface area (Å²) in [6.45, 7) is 8.14. The average molecular weight is 166 g/mol. The molecule has 12 heavy (non-hydrogen) atoms. The highest BCUT2D eigenvalue weighted by molar-refractivity contribution is 5.30. The van der Waals surface area contributed by atoms with Crippen LogP contribution in [-0.4, -0.2) is 7.11 Å². The van der Waals surface area contributed by atoms with Gasteiger partial charge in [-0.05, 0) is 44.9 Å². The first-order valence-electron chi connectivity index (χ1n) is 4.14. The Hall–Kier alpha value is -0.980. The Balaban J connectivity index is 4.56. The van der Waals surface area contributed by atoms with E-state index < -0.39 is 0 Å². The van der Waals surface area contributed by atoms with E-state index in [-0.39, 0.29) is 0 Å². The molecule has 0 saturated heterocycles. The lowest BCUT2D eigenvalue weighted by Crippen LogP contribution is -1.82. The highest BCUT2D eigenvalue weighted by atomic mass is 16.5. The van der Waals surface area contributed by atoms with E-state index in [4.69, 9.17) is 4.74 Å². The highest BCUT2D eigenvalue weighted by Gasteiger charge is 1.90. The van der Waals surface area contributed by atoms with Crippen LogP contribution in [-0.2, 0) is 4.74 Å². The Morgan fingerprint density at radius 1 is 1.08 bits per heavy atom. The molecule has 0 radical (unpaired) electrons. The quantitative estimate of drug-likeness (QED) is 0.461. The molecule has 0 aliphatic carbocycles. The third-order valence-corrected chi connectivity index (χ3v) is 1.78. The molecule has 0 spiro atoms. The van der Waals surface area contributed by atoms with Crippen LogP contribution in [0.3, 0.4) is 0 Å². The monoisotopic (exact) mass is 166 g/mol. The maximum Gasteiger partial charge on any atom is 0.0927 e. The van der Waals surface area contributed by atoms with Crippen molar-refractivity contribution < 1.29 is 4.74 Å². The summed E-state index contributed by atoms with van der Waals surface area (Å²) in [7, 11) is 1.68. The van der Waals surface area contributed by atoms with Crippen LogP contribution in [0.1, 0.15) is 27.7 Å². The SMILES string of the molecule is C\C=C/C(C)=C(C)\C=C(/C)OC. The van der Waals surface area contributed by atoms with Gasteiger partial charge in [-0.2, -0.15) is 0 Å². The Kier molecular flexibility index (Phi) is 5.18. The molecule has 0 aromatic heterocycles. The van der Waals surface area contributed by atoms with E-state index in [1.807, 2.05) is 26.0 Å². The number of ether oxygens (including phenoxy) is 1. The zero-order valence-corrected chi connectivity index (χ0v) is 8.64. The summed E-state index contributed by atoms with van der Waals surface area (Å²) in [5, 5.41) is 0. The molecule has 0 aliphatic heterocycles. The average Bonchev–Trinajstić information content (AvgIpc) is 2.04. The fourth-order valence-corrected chi connectivity index (χ4v) is 0.859. The maximum absolute atomic E-state index is 5.05. The van der Waals surface area contributed by atoms with Gasteiger partial charge in [0.1, 0.15) is 0 Å². The van der Waals surface area contributed by atoms with Crippen LogP contribution >= 0.6 is 0 Å². The van der Waals surface area contributed by atoms with E-state index in [1.165, 1.54) is 11.1 Å². The highest BCUT2D eigenvalue weighted by Crippen LogP contribution is 2.09. The van der Waals surface area contributed by atoms with E-state index in [9.17, 15) is 0 Å². The van der Waals surface area contributed by atoms with Crippen molar-refractivity contribution >= 4 is 0 Å². The summed E-state index contributed by atoms with van der Waals surface area (Å²) in [4.78, 5) is 0. The second kappa shape index (κ2) is 5.64. The lowest BCUT2D eigenvalue weighted by molar-refractivity contribution is 0.293. The van der Waals surface area contributed by atoms with Crippen LogP contribution in [0, 0.1) is 0 Å². The third kappa shape index (κ3) is 4.02. The Morgan fingerprint density at radius 2 is 1.67 bits per heavy atom. The van der Waals surface area contributed by atoms with Crippen molar-refractivity contribution in [1.29, 1.82) is 0 Å². The molecule has 0 fully saturated rings. The minimum Gasteiger partial charge on any atom is -0.501 e. The molecule has 0 aromatic carbocycles. The van der Waals surface area contributed by atoms with E-state index in [0.717, 1.165) is 5.76 Å². The van der Waals surface area contributed by atoms with Crippen LogP contribution in [0.5, 0.6) is 0 Å². The second-order valence-corrected chi connectivity index (χ2v) is 2.83. The normalized spacial score (nSPS) is 14.9. The van der Waals surface area contributed by atoms with Gasteiger partial charge in [0.05, 0.1) is 12.9 Å². The van der Waals surface area contributed by atoms with Gasteiger partial charge in [-0.15, -0.1) is 0 Å². The summed E-state index contributed by atoms with van der Waals surface area (Å²) in [6, 6.07) is 0. The van der Waals surface area contributed by atoms with Crippen molar-refractivity contribution in [3.8, 4) is 0 Å². The number of hydrogen-bond acceptors (Lipinski definition) is 1. The Bertz CT molecular complexity index is 219. The third-order valence-electron chi connectivity index (χ3n) is 1.78. The number of rotatable bonds is 3. The number of methoxy groups -OCH3 is 1. The molecule has 0 saturated carbocycles. The molecule has 0 rings (SSSR count). The zero-order valence-electron chi connectivity index (χ0n) is 8.64. The smallest absolute Gasteiger partial charge is 0.0927 e. The maximum atomic E-state index is 5.05. The van der Waals surface area contributed by atoms with Crippen molar-refractivity contribution in [2.75, 3.05) is 7.11 Å². The zero-order chi connectivity index (χ0) is 9.56. The molecule has 0 aliphatic rings. The number of allylic oxidation sites excluding steroid dienone is 6. The van der Waals surface area contributed by atoms with Gasteiger partial charge < -0.3 is 4.74 Å².